The zero-order chi connectivity index (χ0) is 20.0. The van der Waals surface area contributed by atoms with Gasteiger partial charge < -0.3 is 19.3 Å². The van der Waals surface area contributed by atoms with E-state index in [-0.39, 0.29) is 6.61 Å². The number of unbranched alkanes of at least 4 members (excludes halogenated alkanes) is 1. The van der Waals surface area contributed by atoms with E-state index in [1.54, 1.807) is 19.3 Å². The Morgan fingerprint density at radius 3 is 2.50 bits per heavy atom. The zero-order valence-electron chi connectivity index (χ0n) is 14.1. The smallest absolute Gasteiger partial charge is 0.430 e. The summed E-state index contributed by atoms with van der Waals surface area (Å²) in [5, 5.41) is 14.0. The Kier molecular flexibility index (Phi) is 7.68. The SMILES string of the molecule is CCCCOP(=O)(O)c1c[n+](C)nc2ccccc12.O=C([O-])C(F)(F)F. The number of aryl methyl sites for hydroxylation is 1. The van der Waals surface area contributed by atoms with Gasteiger partial charge in [-0.05, 0) is 17.6 Å². The highest BCUT2D eigenvalue weighted by Crippen LogP contribution is 2.42. The number of halogens is 3. The molecule has 0 bridgehead atoms. The predicted octanol–water partition coefficient (Wildman–Crippen LogP) is 0.985. The molecule has 0 fully saturated rings. The van der Waals surface area contributed by atoms with Crippen molar-refractivity contribution in [3.8, 4) is 0 Å². The average Bonchev–Trinajstić information content (AvgIpc) is 2.53. The van der Waals surface area contributed by atoms with Crippen LogP contribution in [0.4, 0.5) is 13.2 Å². The van der Waals surface area contributed by atoms with Gasteiger partial charge in [-0.1, -0.05) is 36.2 Å². The highest BCUT2D eigenvalue weighted by atomic mass is 31.2. The van der Waals surface area contributed by atoms with E-state index in [1.807, 2.05) is 25.1 Å². The molecule has 1 aromatic carbocycles. The first-order valence-corrected chi connectivity index (χ1v) is 9.08. The van der Waals surface area contributed by atoms with Crippen molar-refractivity contribution >= 4 is 29.8 Å². The van der Waals surface area contributed by atoms with Gasteiger partial charge in [-0.15, -0.1) is 0 Å². The molecule has 26 heavy (non-hydrogen) atoms. The Morgan fingerprint density at radius 1 is 1.38 bits per heavy atom. The van der Waals surface area contributed by atoms with Crippen molar-refractivity contribution in [2.24, 2.45) is 7.05 Å². The summed E-state index contributed by atoms with van der Waals surface area (Å²) in [4.78, 5) is 18.9. The molecule has 0 spiro atoms. The molecule has 144 valence electrons. The van der Waals surface area contributed by atoms with Gasteiger partial charge in [-0.3, -0.25) is 4.57 Å². The van der Waals surface area contributed by atoms with Crippen LogP contribution in [0.3, 0.4) is 0 Å². The molecule has 0 aliphatic carbocycles. The van der Waals surface area contributed by atoms with Crippen LogP contribution in [0.25, 0.3) is 10.9 Å². The van der Waals surface area contributed by atoms with Crippen LogP contribution in [0.5, 0.6) is 0 Å². The lowest BCUT2D eigenvalue weighted by molar-refractivity contribution is -0.727. The van der Waals surface area contributed by atoms with E-state index in [4.69, 9.17) is 14.4 Å². The Labute approximate surface area is 147 Å². The number of alkyl halides is 3. The summed E-state index contributed by atoms with van der Waals surface area (Å²) in [6, 6.07) is 7.26. The zero-order valence-corrected chi connectivity index (χ0v) is 15.0. The van der Waals surface area contributed by atoms with Gasteiger partial charge in [0.1, 0.15) is 16.8 Å². The van der Waals surface area contributed by atoms with E-state index < -0.39 is 19.7 Å². The van der Waals surface area contributed by atoms with Crippen LogP contribution in [-0.4, -0.2) is 28.7 Å². The number of aromatic nitrogens is 2. The first kappa shape index (κ1) is 22.0. The van der Waals surface area contributed by atoms with Crippen LogP contribution >= 0.6 is 7.60 Å². The van der Waals surface area contributed by atoms with E-state index in [0.29, 0.717) is 16.2 Å². The quantitative estimate of drug-likeness (QED) is 0.461. The number of hydrogen-bond donors (Lipinski definition) is 1. The minimum atomic E-state index is -5.19. The third kappa shape index (κ3) is 6.36. The Morgan fingerprint density at radius 2 is 1.96 bits per heavy atom. The molecule has 0 saturated heterocycles. The number of carbonyl (C=O) groups is 1. The third-order valence-electron chi connectivity index (χ3n) is 3.05. The molecule has 0 saturated carbocycles. The molecular formula is C15H18F3N2O5P. The van der Waals surface area contributed by atoms with E-state index >= 15 is 0 Å². The number of hydrogen-bond acceptors (Lipinski definition) is 5. The summed E-state index contributed by atoms with van der Waals surface area (Å²) in [6.07, 6.45) is -1.96. The van der Waals surface area contributed by atoms with Crippen molar-refractivity contribution in [1.82, 2.24) is 5.10 Å². The van der Waals surface area contributed by atoms with E-state index in [1.165, 1.54) is 4.68 Å². The number of carbonyl (C=O) groups excluding carboxylic acids is 1. The first-order valence-electron chi connectivity index (χ1n) is 7.50. The molecular weight excluding hydrogens is 376 g/mol. The second-order valence-electron chi connectivity index (χ2n) is 5.20. The molecule has 1 N–H and O–H groups in total. The van der Waals surface area contributed by atoms with E-state index in [9.17, 15) is 22.6 Å². The lowest BCUT2D eigenvalue weighted by Crippen LogP contribution is -2.37. The van der Waals surface area contributed by atoms with Gasteiger partial charge in [0.2, 0.25) is 6.20 Å². The van der Waals surface area contributed by atoms with Crippen LogP contribution in [-0.2, 0) is 20.9 Å². The summed E-state index contributed by atoms with van der Waals surface area (Å²) < 4.78 is 50.6. The summed E-state index contributed by atoms with van der Waals surface area (Å²) in [7, 11) is -2.08. The maximum absolute atomic E-state index is 12.3. The molecule has 7 nitrogen and oxygen atoms in total. The fourth-order valence-electron chi connectivity index (χ4n) is 1.85. The highest BCUT2D eigenvalue weighted by molar-refractivity contribution is 7.61. The largest absolute Gasteiger partial charge is 0.542 e. The first-order chi connectivity index (χ1) is 12.0. The van der Waals surface area contributed by atoms with Crippen molar-refractivity contribution in [2.45, 2.75) is 25.9 Å². The third-order valence-corrected chi connectivity index (χ3v) is 4.55. The van der Waals surface area contributed by atoms with Gasteiger partial charge in [0.05, 0.1) is 6.61 Å². The highest BCUT2D eigenvalue weighted by Gasteiger charge is 2.29. The van der Waals surface area contributed by atoms with E-state index in [0.717, 1.165) is 12.8 Å². The second kappa shape index (κ2) is 9.07. The Balaban J connectivity index is 0.000000412. The number of rotatable bonds is 5. The fourth-order valence-corrected chi connectivity index (χ4v) is 3.17. The van der Waals surface area contributed by atoms with Crippen LogP contribution in [0.15, 0.2) is 30.5 Å². The molecule has 0 aliphatic rings. The standard InChI is InChI=1S/C13H17N2O3P.C2HF3O2/c1-3-4-9-18-19(16,17)13-10-15(2)14-12-8-6-5-7-11(12)13;3-2(4,5)1(6)7/h5-8,10H,3-4,9H2,1-2H3;(H,6,7). The molecule has 1 atom stereocenters. The monoisotopic (exact) mass is 394 g/mol. The predicted molar refractivity (Wildman–Crippen MR) is 84.3 cm³/mol. The molecule has 1 aromatic heterocycles. The van der Waals surface area contributed by atoms with Gasteiger partial charge in [0.15, 0.2) is 7.05 Å². The molecule has 0 amide bonds. The Hall–Kier alpha value is -2.03. The summed E-state index contributed by atoms with van der Waals surface area (Å²) in [6.45, 7) is 2.29. The lowest BCUT2D eigenvalue weighted by atomic mass is 10.2. The van der Waals surface area contributed by atoms with Gasteiger partial charge in [-0.2, -0.15) is 13.2 Å². The molecule has 2 aromatic rings. The van der Waals surface area contributed by atoms with Gasteiger partial charge >= 0.3 is 13.8 Å². The van der Waals surface area contributed by atoms with Crippen molar-refractivity contribution in [3.63, 3.8) is 0 Å². The second-order valence-corrected chi connectivity index (χ2v) is 6.98. The summed E-state index contributed by atoms with van der Waals surface area (Å²) >= 11 is 0. The topological polar surface area (TPSA) is 103 Å². The number of carboxylic acids is 1. The molecule has 1 heterocycles. The van der Waals surface area contributed by atoms with Gasteiger partial charge in [-0.25, -0.2) is 0 Å². The maximum atomic E-state index is 12.3. The van der Waals surface area contributed by atoms with Crippen molar-refractivity contribution in [2.75, 3.05) is 6.61 Å². The minimum absolute atomic E-state index is 0.282. The van der Waals surface area contributed by atoms with Crippen LogP contribution in [0.2, 0.25) is 0 Å². The van der Waals surface area contributed by atoms with Crippen molar-refractivity contribution in [3.05, 3.63) is 30.5 Å². The van der Waals surface area contributed by atoms with E-state index in [2.05, 4.69) is 5.10 Å². The number of fused-ring (bicyclic) bond motifs is 1. The van der Waals surface area contributed by atoms with Gasteiger partial charge in [0.25, 0.3) is 0 Å². The van der Waals surface area contributed by atoms with Crippen LogP contribution < -0.4 is 15.1 Å². The average molecular weight is 394 g/mol. The summed E-state index contributed by atoms with van der Waals surface area (Å²) in [5.74, 6) is -3.01. The molecule has 0 aliphatic heterocycles. The summed E-state index contributed by atoms with van der Waals surface area (Å²) in [5.41, 5.74) is 0.677. The van der Waals surface area contributed by atoms with Crippen LogP contribution in [0, 0.1) is 0 Å². The molecule has 1 unspecified atom stereocenters. The van der Waals surface area contributed by atoms with Crippen molar-refractivity contribution in [1.29, 1.82) is 0 Å². The number of benzene rings is 1. The number of nitrogens with zero attached hydrogens (tertiary/aromatic N) is 2. The molecule has 2 rings (SSSR count). The van der Waals surface area contributed by atoms with Gasteiger partial charge in [0, 0.05) is 5.39 Å². The minimum Gasteiger partial charge on any atom is -0.542 e. The fraction of sp³-hybridized carbons (Fsp3) is 0.400. The molecule has 0 radical (unpaired) electrons. The number of carboxylic acid groups (broad SMARTS) is 1. The number of aliphatic carboxylic acids is 1. The Bertz CT molecular complexity index is 813. The normalized spacial score (nSPS) is 13.6. The van der Waals surface area contributed by atoms with Crippen LogP contribution in [0.1, 0.15) is 19.8 Å². The van der Waals surface area contributed by atoms with Crippen molar-refractivity contribution < 1.29 is 41.7 Å². The molecule has 11 heteroatoms. The maximum Gasteiger partial charge on any atom is 0.430 e. The lowest BCUT2D eigenvalue weighted by Gasteiger charge is -2.12.